The maximum atomic E-state index is 12.4. The Hall–Kier alpha value is -3.03. The third-order valence-corrected chi connectivity index (χ3v) is 5.85. The van der Waals surface area contributed by atoms with Crippen molar-refractivity contribution >= 4 is 17.5 Å². The van der Waals surface area contributed by atoms with Gasteiger partial charge in [0, 0.05) is 25.2 Å². The molecule has 1 fully saturated rings. The predicted octanol–water partition coefficient (Wildman–Crippen LogP) is 4.42. The summed E-state index contributed by atoms with van der Waals surface area (Å²) < 4.78 is 5.35. The number of rotatable bonds is 5. The number of nitrogens with zero attached hydrogens (tertiary/aromatic N) is 2. The number of carbonyl (C=O) groups is 1. The highest BCUT2D eigenvalue weighted by Crippen LogP contribution is 2.42. The molecule has 0 unspecified atom stereocenters. The molecule has 0 atom stereocenters. The van der Waals surface area contributed by atoms with E-state index in [1.165, 1.54) is 37.9 Å². The second kappa shape index (κ2) is 8.99. The lowest BCUT2D eigenvalue weighted by atomic mass is 9.97. The van der Waals surface area contributed by atoms with Crippen LogP contribution in [-0.2, 0) is 6.54 Å². The highest BCUT2D eigenvalue weighted by Gasteiger charge is 2.26. The van der Waals surface area contributed by atoms with Gasteiger partial charge in [-0.2, -0.15) is 0 Å². The summed E-state index contributed by atoms with van der Waals surface area (Å²) in [4.78, 5) is 14.8. The van der Waals surface area contributed by atoms with Gasteiger partial charge in [0.05, 0.1) is 10.6 Å². The molecule has 2 aromatic carbocycles. The summed E-state index contributed by atoms with van der Waals surface area (Å²) in [6.07, 6.45) is 3.76. The molecule has 3 N–H and O–H groups in total. The lowest BCUT2D eigenvalue weighted by molar-refractivity contribution is 0.0927. The fourth-order valence-electron chi connectivity index (χ4n) is 3.90. The van der Waals surface area contributed by atoms with Gasteiger partial charge >= 0.3 is 0 Å². The molecule has 0 bridgehead atoms. The summed E-state index contributed by atoms with van der Waals surface area (Å²) >= 11 is 6.04. The number of hydrogen-bond acceptors (Lipinski definition) is 6. The molecular formula is C23H24ClN3O4. The van der Waals surface area contributed by atoms with Crippen molar-refractivity contribution in [2.75, 3.05) is 20.1 Å². The van der Waals surface area contributed by atoms with Gasteiger partial charge in [-0.15, -0.1) is 0 Å². The van der Waals surface area contributed by atoms with Crippen molar-refractivity contribution in [1.29, 1.82) is 0 Å². The molecule has 1 aromatic heterocycles. The Bertz CT molecular complexity index is 1090. The number of amides is 1. The number of likely N-dealkylation sites (tertiary alicyclic amines) is 1. The van der Waals surface area contributed by atoms with E-state index >= 15 is 0 Å². The Morgan fingerprint density at radius 3 is 2.52 bits per heavy atom. The normalized spacial score (nSPS) is 14.5. The fourth-order valence-corrected chi connectivity index (χ4v) is 4.07. The van der Waals surface area contributed by atoms with E-state index < -0.39 is 5.91 Å². The minimum atomic E-state index is -0.435. The topological polar surface area (TPSA) is 98.8 Å². The van der Waals surface area contributed by atoms with Gasteiger partial charge in [0.2, 0.25) is 5.76 Å². The molecule has 8 heteroatoms. The van der Waals surface area contributed by atoms with Crippen molar-refractivity contribution in [3.8, 4) is 33.9 Å². The number of halogens is 1. The van der Waals surface area contributed by atoms with Crippen LogP contribution in [0.2, 0.25) is 5.02 Å². The Kier molecular flexibility index (Phi) is 6.15. The number of phenolic OH excluding ortho intramolecular Hbond substituents is 2. The number of piperidine rings is 1. The van der Waals surface area contributed by atoms with Gasteiger partial charge in [-0.25, -0.2) is 0 Å². The third kappa shape index (κ3) is 4.38. The van der Waals surface area contributed by atoms with E-state index in [0.29, 0.717) is 5.56 Å². The SMILES string of the molecule is CNC(=O)c1onc(-c2cc(Cl)c(O)cc2O)c1-c1ccc(CN2CCCCC2)cc1. The minimum Gasteiger partial charge on any atom is -0.507 e. The van der Waals surface area contributed by atoms with Gasteiger partial charge in [-0.1, -0.05) is 47.4 Å². The first-order chi connectivity index (χ1) is 15.0. The largest absolute Gasteiger partial charge is 0.507 e. The van der Waals surface area contributed by atoms with Crippen molar-refractivity contribution in [1.82, 2.24) is 15.4 Å². The standard InChI is InChI=1S/C23H24ClN3O4/c1-25-23(30)22-20(21(26-31-22)16-11-17(24)19(29)12-18(16)28)15-7-5-14(6-8-15)13-27-9-3-2-4-10-27/h5-8,11-12,28-29H,2-4,9-10,13H2,1H3,(H,25,30). The molecule has 1 amide bonds. The molecule has 0 saturated carbocycles. The van der Waals surface area contributed by atoms with E-state index in [9.17, 15) is 15.0 Å². The fraction of sp³-hybridized carbons (Fsp3) is 0.304. The maximum absolute atomic E-state index is 12.4. The van der Waals surface area contributed by atoms with Crippen LogP contribution in [0.3, 0.4) is 0 Å². The first kappa shape index (κ1) is 21.2. The number of benzene rings is 2. The average molecular weight is 442 g/mol. The Labute approximate surface area is 185 Å². The molecule has 1 aliphatic heterocycles. The van der Waals surface area contributed by atoms with Crippen LogP contribution < -0.4 is 5.32 Å². The van der Waals surface area contributed by atoms with Crippen molar-refractivity contribution < 1.29 is 19.5 Å². The van der Waals surface area contributed by atoms with E-state index in [2.05, 4.69) is 15.4 Å². The van der Waals surface area contributed by atoms with Crippen LogP contribution in [0.25, 0.3) is 22.4 Å². The van der Waals surface area contributed by atoms with Gasteiger partial charge in [0.1, 0.15) is 17.2 Å². The zero-order valence-corrected chi connectivity index (χ0v) is 17.9. The predicted molar refractivity (Wildman–Crippen MR) is 118 cm³/mol. The molecule has 1 aliphatic rings. The van der Waals surface area contributed by atoms with Crippen molar-refractivity contribution in [3.63, 3.8) is 0 Å². The van der Waals surface area contributed by atoms with Gasteiger partial charge in [-0.3, -0.25) is 9.69 Å². The zero-order chi connectivity index (χ0) is 22.0. The third-order valence-electron chi connectivity index (χ3n) is 5.54. The molecule has 7 nitrogen and oxygen atoms in total. The molecular weight excluding hydrogens is 418 g/mol. The lowest BCUT2D eigenvalue weighted by Crippen LogP contribution is -2.29. The number of aromatic hydroxyl groups is 2. The second-order valence-corrected chi connectivity index (χ2v) is 8.08. The summed E-state index contributed by atoms with van der Waals surface area (Å²) in [5.74, 6) is -0.872. The molecule has 0 spiro atoms. The Morgan fingerprint density at radius 2 is 1.84 bits per heavy atom. The summed E-state index contributed by atoms with van der Waals surface area (Å²) in [6, 6.07) is 10.4. The van der Waals surface area contributed by atoms with Crippen LogP contribution in [0.5, 0.6) is 11.5 Å². The molecule has 1 saturated heterocycles. The zero-order valence-electron chi connectivity index (χ0n) is 17.2. The molecule has 0 aliphatic carbocycles. The molecule has 3 aromatic rings. The van der Waals surface area contributed by atoms with E-state index in [1.54, 1.807) is 0 Å². The van der Waals surface area contributed by atoms with Crippen LogP contribution in [0.15, 0.2) is 40.9 Å². The summed E-state index contributed by atoms with van der Waals surface area (Å²) in [7, 11) is 1.50. The van der Waals surface area contributed by atoms with E-state index in [0.717, 1.165) is 31.3 Å². The molecule has 0 radical (unpaired) electrons. The second-order valence-electron chi connectivity index (χ2n) is 7.67. The van der Waals surface area contributed by atoms with Crippen molar-refractivity contribution in [2.24, 2.45) is 0 Å². The number of phenols is 2. The highest BCUT2D eigenvalue weighted by atomic mass is 35.5. The first-order valence-electron chi connectivity index (χ1n) is 10.2. The van der Waals surface area contributed by atoms with Crippen LogP contribution in [0.1, 0.15) is 35.4 Å². The molecule has 4 rings (SSSR count). The van der Waals surface area contributed by atoms with Gasteiger partial charge < -0.3 is 20.1 Å². The van der Waals surface area contributed by atoms with Crippen molar-refractivity contribution in [3.05, 3.63) is 52.7 Å². The maximum Gasteiger partial charge on any atom is 0.290 e. The Balaban J connectivity index is 1.73. The van der Waals surface area contributed by atoms with Gasteiger partial charge in [-0.05, 0) is 43.1 Å². The lowest BCUT2D eigenvalue weighted by Gasteiger charge is -2.26. The highest BCUT2D eigenvalue weighted by molar-refractivity contribution is 6.32. The van der Waals surface area contributed by atoms with E-state index in [4.69, 9.17) is 16.1 Å². The summed E-state index contributed by atoms with van der Waals surface area (Å²) in [5, 5.41) is 26.8. The minimum absolute atomic E-state index is 0.0323. The number of nitrogens with one attached hydrogen (secondary N) is 1. The monoisotopic (exact) mass is 441 g/mol. The van der Waals surface area contributed by atoms with Crippen LogP contribution in [0.4, 0.5) is 0 Å². The average Bonchev–Trinajstić information content (AvgIpc) is 3.22. The number of aromatic nitrogens is 1. The molecule has 2 heterocycles. The van der Waals surface area contributed by atoms with Crippen LogP contribution in [-0.4, -0.2) is 46.3 Å². The van der Waals surface area contributed by atoms with Gasteiger partial charge in [0.25, 0.3) is 5.91 Å². The van der Waals surface area contributed by atoms with E-state index in [-0.39, 0.29) is 33.5 Å². The van der Waals surface area contributed by atoms with E-state index in [1.807, 2.05) is 24.3 Å². The Morgan fingerprint density at radius 1 is 1.13 bits per heavy atom. The summed E-state index contributed by atoms with van der Waals surface area (Å²) in [6.45, 7) is 3.10. The van der Waals surface area contributed by atoms with Crippen LogP contribution in [0, 0.1) is 0 Å². The first-order valence-corrected chi connectivity index (χ1v) is 10.6. The molecule has 162 valence electrons. The van der Waals surface area contributed by atoms with Crippen LogP contribution >= 0.6 is 11.6 Å². The molecule has 31 heavy (non-hydrogen) atoms. The van der Waals surface area contributed by atoms with Crippen molar-refractivity contribution in [2.45, 2.75) is 25.8 Å². The van der Waals surface area contributed by atoms with Gasteiger partial charge in [0.15, 0.2) is 0 Å². The summed E-state index contributed by atoms with van der Waals surface area (Å²) in [5.41, 5.74) is 2.87. The quantitative estimate of drug-likeness (QED) is 0.542. The smallest absolute Gasteiger partial charge is 0.290 e. The number of hydrogen-bond donors (Lipinski definition) is 3. The number of carbonyl (C=O) groups excluding carboxylic acids is 1.